The summed E-state index contributed by atoms with van der Waals surface area (Å²) in [4.78, 5) is 22.8. The van der Waals surface area contributed by atoms with Gasteiger partial charge in [0, 0.05) is 22.2 Å². The maximum absolute atomic E-state index is 12.0. The molecule has 1 aromatic rings. The first-order valence-electron chi connectivity index (χ1n) is 5.84. The van der Waals surface area contributed by atoms with Crippen molar-refractivity contribution in [2.75, 3.05) is 12.4 Å². The summed E-state index contributed by atoms with van der Waals surface area (Å²) in [7, 11) is 1.46. The molecule has 6 heteroatoms. The largest absolute Gasteiger partial charge is 0.495 e. The number of carbonyl (C=O) groups is 2. The number of aliphatic carboxylic acids is 1. The predicted octanol–water partition coefficient (Wildman–Crippen LogP) is 3.02. The zero-order chi connectivity index (χ0) is 15.4. The van der Waals surface area contributed by atoms with Gasteiger partial charge in [-0.3, -0.25) is 4.79 Å². The molecule has 2 N–H and O–H groups in total. The highest BCUT2D eigenvalue weighted by atomic mass is 35.5. The molecule has 20 heavy (non-hydrogen) atoms. The number of nitrogens with one attached hydrogen (secondary N) is 1. The molecule has 0 spiro atoms. The van der Waals surface area contributed by atoms with Gasteiger partial charge in [0.25, 0.3) is 5.91 Å². The predicted molar refractivity (Wildman–Crippen MR) is 77.4 cm³/mol. The molecule has 0 aliphatic carbocycles. The highest BCUT2D eigenvalue weighted by Crippen LogP contribution is 2.31. The Morgan fingerprint density at radius 3 is 2.35 bits per heavy atom. The van der Waals surface area contributed by atoms with Crippen LogP contribution in [0, 0.1) is 6.92 Å². The fraction of sp³-hybridized carbons (Fsp3) is 0.286. The number of aryl methyl sites for hydroxylation is 1. The molecule has 0 saturated carbocycles. The Kier molecular flexibility index (Phi) is 5.16. The van der Waals surface area contributed by atoms with Crippen molar-refractivity contribution in [3.8, 4) is 5.75 Å². The van der Waals surface area contributed by atoms with Crippen molar-refractivity contribution in [3.05, 3.63) is 33.9 Å². The summed E-state index contributed by atoms with van der Waals surface area (Å²) in [6, 6.07) is 3.26. The zero-order valence-electron chi connectivity index (χ0n) is 11.7. The number of ether oxygens (including phenoxy) is 1. The van der Waals surface area contributed by atoms with Crippen molar-refractivity contribution in [2.45, 2.75) is 20.8 Å². The van der Waals surface area contributed by atoms with Crippen LogP contribution in [0.25, 0.3) is 0 Å². The second-order valence-electron chi connectivity index (χ2n) is 4.31. The van der Waals surface area contributed by atoms with E-state index >= 15 is 0 Å². The molecule has 0 radical (unpaired) electrons. The van der Waals surface area contributed by atoms with E-state index in [1.165, 1.54) is 21.0 Å². The van der Waals surface area contributed by atoms with E-state index in [4.69, 9.17) is 21.4 Å². The molecule has 0 aromatic heterocycles. The van der Waals surface area contributed by atoms with Crippen molar-refractivity contribution < 1.29 is 19.4 Å². The zero-order valence-corrected chi connectivity index (χ0v) is 12.5. The number of benzene rings is 1. The van der Waals surface area contributed by atoms with Crippen LogP contribution in [0.3, 0.4) is 0 Å². The van der Waals surface area contributed by atoms with Crippen molar-refractivity contribution in [3.63, 3.8) is 0 Å². The molecule has 0 bridgehead atoms. The average molecular weight is 298 g/mol. The number of anilines is 1. The van der Waals surface area contributed by atoms with Gasteiger partial charge >= 0.3 is 5.97 Å². The van der Waals surface area contributed by atoms with Crippen molar-refractivity contribution in [1.82, 2.24) is 0 Å². The smallest absolute Gasteiger partial charge is 0.331 e. The van der Waals surface area contributed by atoms with E-state index in [1.807, 2.05) is 0 Å². The third-order valence-corrected chi connectivity index (χ3v) is 3.36. The van der Waals surface area contributed by atoms with Crippen molar-refractivity contribution in [2.24, 2.45) is 0 Å². The minimum atomic E-state index is -1.13. The highest BCUT2D eigenvalue weighted by molar-refractivity contribution is 6.31. The number of carboxylic acid groups (broad SMARTS) is 1. The van der Waals surface area contributed by atoms with E-state index < -0.39 is 11.9 Å². The van der Waals surface area contributed by atoms with Gasteiger partial charge in [0.05, 0.1) is 12.8 Å². The summed E-state index contributed by atoms with van der Waals surface area (Å²) < 4.78 is 5.14. The molecule has 0 heterocycles. The lowest BCUT2D eigenvalue weighted by Gasteiger charge is -2.13. The summed E-state index contributed by atoms with van der Waals surface area (Å²) in [5.41, 5.74) is 1.34. The van der Waals surface area contributed by atoms with Crippen LogP contribution >= 0.6 is 11.6 Å². The van der Waals surface area contributed by atoms with Crippen LogP contribution in [0.2, 0.25) is 5.02 Å². The Bertz CT molecular complexity index is 593. The number of halogens is 1. The molecule has 1 aromatic carbocycles. The van der Waals surface area contributed by atoms with Gasteiger partial charge in [-0.25, -0.2) is 4.79 Å². The summed E-state index contributed by atoms with van der Waals surface area (Å²) in [5.74, 6) is -1.21. The Morgan fingerprint density at radius 1 is 1.25 bits per heavy atom. The second kappa shape index (κ2) is 6.43. The summed E-state index contributed by atoms with van der Waals surface area (Å²) in [5, 5.41) is 12.0. The van der Waals surface area contributed by atoms with Gasteiger partial charge in [0.1, 0.15) is 5.75 Å². The maximum atomic E-state index is 12.0. The number of methoxy groups -OCH3 is 1. The maximum Gasteiger partial charge on any atom is 0.331 e. The van der Waals surface area contributed by atoms with Crippen LogP contribution in [0.5, 0.6) is 5.75 Å². The van der Waals surface area contributed by atoms with E-state index in [1.54, 1.807) is 19.1 Å². The van der Waals surface area contributed by atoms with Gasteiger partial charge in [-0.2, -0.15) is 0 Å². The fourth-order valence-corrected chi connectivity index (χ4v) is 1.63. The number of rotatable bonds is 4. The first-order chi connectivity index (χ1) is 9.27. The van der Waals surface area contributed by atoms with E-state index in [0.29, 0.717) is 16.5 Å². The molecule has 0 aliphatic heterocycles. The molecule has 1 rings (SSSR count). The highest BCUT2D eigenvalue weighted by Gasteiger charge is 2.15. The molecular formula is C14H16ClNO4. The Labute approximate surface area is 122 Å². The minimum Gasteiger partial charge on any atom is -0.495 e. The molecule has 0 unspecified atom stereocenters. The average Bonchev–Trinajstić information content (AvgIpc) is 2.40. The van der Waals surface area contributed by atoms with E-state index in [0.717, 1.165) is 5.56 Å². The molecule has 0 fully saturated rings. The van der Waals surface area contributed by atoms with E-state index in [2.05, 4.69) is 5.32 Å². The normalized spacial score (nSPS) is 11.7. The Hall–Kier alpha value is -2.01. The second-order valence-corrected chi connectivity index (χ2v) is 4.72. The molecule has 0 aliphatic rings. The fourth-order valence-electron chi connectivity index (χ4n) is 1.48. The minimum absolute atomic E-state index is 0.00727. The van der Waals surface area contributed by atoms with Gasteiger partial charge in [0.15, 0.2) is 0 Å². The van der Waals surface area contributed by atoms with Gasteiger partial charge in [-0.15, -0.1) is 0 Å². The van der Waals surface area contributed by atoms with Gasteiger partial charge in [-0.1, -0.05) is 11.6 Å². The molecule has 0 atom stereocenters. The summed E-state index contributed by atoms with van der Waals surface area (Å²) >= 11 is 5.98. The molecule has 0 saturated heterocycles. The van der Waals surface area contributed by atoms with Gasteiger partial charge in [0.2, 0.25) is 0 Å². The number of hydrogen-bond acceptors (Lipinski definition) is 3. The summed E-state index contributed by atoms with van der Waals surface area (Å²) in [6.45, 7) is 4.62. The SMILES string of the molecule is COc1cc(Cl)c(C)cc1NC(=O)/C(C)=C(/C)C(=O)O. The first kappa shape index (κ1) is 16.0. The lowest BCUT2D eigenvalue weighted by atomic mass is 10.1. The first-order valence-corrected chi connectivity index (χ1v) is 6.22. The lowest BCUT2D eigenvalue weighted by molar-refractivity contribution is -0.133. The van der Waals surface area contributed by atoms with Crippen LogP contribution in [-0.2, 0) is 9.59 Å². The molecular weight excluding hydrogens is 282 g/mol. The quantitative estimate of drug-likeness (QED) is 0.838. The topological polar surface area (TPSA) is 75.6 Å². The van der Waals surface area contributed by atoms with E-state index in [9.17, 15) is 9.59 Å². The van der Waals surface area contributed by atoms with Crippen molar-refractivity contribution in [1.29, 1.82) is 0 Å². The molecule has 108 valence electrons. The molecule has 1 amide bonds. The summed E-state index contributed by atoms with van der Waals surface area (Å²) in [6.07, 6.45) is 0. The van der Waals surface area contributed by atoms with Crippen LogP contribution in [0.4, 0.5) is 5.69 Å². The van der Waals surface area contributed by atoms with E-state index in [-0.39, 0.29) is 11.1 Å². The van der Waals surface area contributed by atoms with Crippen LogP contribution in [0.15, 0.2) is 23.3 Å². The Morgan fingerprint density at radius 2 is 1.85 bits per heavy atom. The number of carboxylic acids is 1. The molecule has 5 nitrogen and oxygen atoms in total. The number of hydrogen-bond donors (Lipinski definition) is 2. The standard InChI is InChI=1S/C14H16ClNO4/c1-7-5-11(12(20-4)6-10(7)15)16-13(17)8(2)9(3)14(18)19/h5-6H,1-4H3,(H,16,17)(H,18,19)/b9-8-. The van der Waals surface area contributed by atoms with Gasteiger partial charge in [-0.05, 0) is 32.4 Å². The third kappa shape index (κ3) is 3.51. The van der Waals surface area contributed by atoms with Gasteiger partial charge < -0.3 is 15.2 Å². The van der Waals surface area contributed by atoms with Crippen LogP contribution in [-0.4, -0.2) is 24.1 Å². The lowest BCUT2D eigenvalue weighted by Crippen LogP contribution is -2.16. The van der Waals surface area contributed by atoms with Crippen LogP contribution < -0.4 is 10.1 Å². The number of amides is 1. The Balaban J connectivity index is 3.11. The van der Waals surface area contributed by atoms with Crippen molar-refractivity contribution >= 4 is 29.2 Å². The monoisotopic (exact) mass is 297 g/mol. The van der Waals surface area contributed by atoms with Crippen LogP contribution in [0.1, 0.15) is 19.4 Å². The third-order valence-electron chi connectivity index (χ3n) is 2.95. The number of carbonyl (C=O) groups excluding carboxylic acids is 1.